The highest BCUT2D eigenvalue weighted by Crippen LogP contribution is 2.25. The fraction of sp³-hybridized carbons (Fsp3) is 0.333. The first-order valence-electron chi connectivity index (χ1n) is 3.74. The summed E-state index contributed by atoms with van der Waals surface area (Å²) in [6.45, 7) is 1.88. The first-order valence-corrected chi connectivity index (χ1v) is 4.18. The van der Waals surface area contributed by atoms with E-state index in [2.05, 4.69) is 0 Å². The first-order chi connectivity index (χ1) is 5.59. The Morgan fingerprint density at radius 3 is 2.50 bits per heavy atom. The second-order valence-electron chi connectivity index (χ2n) is 2.81. The van der Waals surface area contributed by atoms with Crippen LogP contribution in [0.1, 0.15) is 12.5 Å². The van der Waals surface area contributed by atoms with Crippen LogP contribution in [-0.2, 0) is 6.42 Å². The number of halogens is 1. The summed E-state index contributed by atoms with van der Waals surface area (Å²) >= 11 is 5.76. The zero-order chi connectivity index (χ0) is 9.14. The first kappa shape index (κ1) is 9.20. The maximum absolute atomic E-state index is 9.12. The summed E-state index contributed by atoms with van der Waals surface area (Å²) in [5.74, 6) is -0.189. The van der Waals surface area contributed by atoms with Gasteiger partial charge in [0, 0.05) is 5.38 Å². The van der Waals surface area contributed by atoms with Crippen molar-refractivity contribution in [3.05, 3.63) is 23.8 Å². The van der Waals surface area contributed by atoms with E-state index in [1.54, 1.807) is 6.07 Å². The average Bonchev–Trinajstić information content (AvgIpc) is 1.96. The van der Waals surface area contributed by atoms with Crippen molar-refractivity contribution in [3.8, 4) is 11.5 Å². The van der Waals surface area contributed by atoms with Gasteiger partial charge in [-0.15, -0.1) is 11.6 Å². The minimum absolute atomic E-state index is 0.0361. The van der Waals surface area contributed by atoms with Gasteiger partial charge in [0.25, 0.3) is 0 Å². The fourth-order valence-electron chi connectivity index (χ4n) is 1.02. The van der Waals surface area contributed by atoms with Crippen molar-refractivity contribution in [2.24, 2.45) is 0 Å². The number of alkyl halides is 1. The highest BCUT2D eigenvalue weighted by atomic mass is 35.5. The Balaban J connectivity index is 2.82. The molecule has 66 valence electrons. The second kappa shape index (κ2) is 3.68. The highest BCUT2D eigenvalue weighted by Gasteiger charge is 2.02. The molecule has 3 heteroatoms. The quantitative estimate of drug-likeness (QED) is 0.550. The Morgan fingerprint density at radius 2 is 2.00 bits per heavy atom. The van der Waals surface area contributed by atoms with Crippen LogP contribution in [0.25, 0.3) is 0 Å². The van der Waals surface area contributed by atoms with E-state index in [0.29, 0.717) is 6.42 Å². The number of aromatic hydroxyl groups is 2. The zero-order valence-corrected chi connectivity index (χ0v) is 7.54. The van der Waals surface area contributed by atoms with Crippen LogP contribution in [0.2, 0.25) is 0 Å². The predicted molar refractivity (Wildman–Crippen MR) is 48.8 cm³/mol. The zero-order valence-electron chi connectivity index (χ0n) is 6.79. The van der Waals surface area contributed by atoms with E-state index in [1.165, 1.54) is 12.1 Å². The molecule has 0 radical (unpaired) electrons. The summed E-state index contributed by atoms with van der Waals surface area (Å²) in [4.78, 5) is 0. The van der Waals surface area contributed by atoms with Crippen molar-refractivity contribution in [1.29, 1.82) is 0 Å². The normalized spacial score (nSPS) is 12.8. The molecule has 1 atom stereocenters. The van der Waals surface area contributed by atoms with Gasteiger partial charge in [-0.25, -0.2) is 0 Å². The highest BCUT2D eigenvalue weighted by molar-refractivity contribution is 6.20. The number of rotatable bonds is 2. The summed E-state index contributed by atoms with van der Waals surface area (Å²) in [5.41, 5.74) is 0.924. The number of benzene rings is 1. The van der Waals surface area contributed by atoms with Crippen LogP contribution < -0.4 is 0 Å². The monoisotopic (exact) mass is 186 g/mol. The lowest BCUT2D eigenvalue weighted by Gasteiger charge is -2.04. The Kier molecular flexibility index (Phi) is 2.82. The van der Waals surface area contributed by atoms with Crippen LogP contribution in [0.3, 0.4) is 0 Å². The minimum atomic E-state index is -0.0963. The molecule has 1 rings (SSSR count). The molecule has 0 aliphatic rings. The summed E-state index contributed by atoms with van der Waals surface area (Å²) < 4.78 is 0. The van der Waals surface area contributed by atoms with E-state index in [-0.39, 0.29) is 16.9 Å². The molecule has 0 aliphatic heterocycles. The van der Waals surface area contributed by atoms with Gasteiger partial charge in [-0.1, -0.05) is 6.07 Å². The van der Waals surface area contributed by atoms with Crippen molar-refractivity contribution in [2.75, 3.05) is 0 Å². The Hall–Kier alpha value is -0.890. The molecule has 1 aromatic rings. The van der Waals surface area contributed by atoms with Gasteiger partial charge in [0.1, 0.15) is 0 Å². The van der Waals surface area contributed by atoms with Gasteiger partial charge in [0.2, 0.25) is 0 Å². The molecule has 0 saturated heterocycles. The van der Waals surface area contributed by atoms with Crippen molar-refractivity contribution >= 4 is 11.6 Å². The third-order valence-corrected chi connectivity index (χ3v) is 1.71. The summed E-state index contributed by atoms with van der Waals surface area (Å²) in [6.07, 6.45) is 0.690. The van der Waals surface area contributed by atoms with Crippen LogP contribution in [0.5, 0.6) is 11.5 Å². The van der Waals surface area contributed by atoms with Crippen molar-refractivity contribution < 1.29 is 10.2 Å². The molecule has 2 N–H and O–H groups in total. The molecular weight excluding hydrogens is 176 g/mol. The number of hydrogen-bond donors (Lipinski definition) is 2. The van der Waals surface area contributed by atoms with Crippen LogP contribution >= 0.6 is 11.6 Å². The molecule has 2 nitrogen and oxygen atoms in total. The van der Waals surface area contributed by atoms with E-state index in [9.17, 15) is 0 Å². The SMILES string of the molecule is C[C@H](Cl)Cc1ccc(O)c(O)c1. The summed E-state index contributed by atoms with van der Waals surface area (Å²) in [7, 11) is 0. The van der Waals surface area contributed by atoms with E-state index in [4.69, 9.17) is 21.8 Å². The minimum Gasteiger partial charge on any atom is -0.504 e. The lowest BCUT2D eigenvalue weighted by Crippen LogP contribution is -1.96. The fourth-order valence-corrected chi connectivity index (χ4v) is 1.20. The van der Waals surface area contributed by atoms with Gasteiger partial charge in [-0.05, 0) is 31.0 Å². The van der Waals surface area contributed by atoms with Crippen LogP contribution in [0.4, 0.5) is 0 Å². The molecule has 1 aromatic carbocycles. The average molecular weight is 187 g/mol. The van der Waals surface area contributed by atoms with E-state index < -0.39 is 0 Å². The molecule has 0 unspecified atom stereocenters. The summed E-state index contributed by atoms with van der Waals surface area (Å²) in [5, 5.41) is 18.2. The van der Waals surface area contributed by atoms with Gasteiger partial charge in [-0.2, -0.15) is 0 Å². The van der Waals surface area contributed by atoms with E-state index in [0.717, 1.165) is 5.56 Å². The number of phenols is 2. The molecular formula is C9H11ClO2. The van der Waals surface area contributed by atoms with Crippen LogP contribution in [-0.4, -0.2) is 15.6 Å². The molecule has 0 amide bonds. The lowest BCUT2D eigenvalue weighted by atomic mass is 10.1. The third kappa shape index (κ3) is 2.31. The van der Waals surface area contributed by atoms with Gasteiger partial charge in [-0.3, -0.25) is 0 Å². The van der Waals surface area contributed by atoms with E-state index in [1.807, 2.05) is 6.92 Å². The topological polar surface area (TPSA) is 40.5 Å². The van der Waals surface area contributed by atoms with Crippen molar-refractivity contribution in [2.45, 2.75) is 18.7 Å². The standard InChI is InChI=1S/C9H11ClO2/c1-6(10)4-7-2-3-8(11)9(12)5-7/h2-3,5-6,11-12H,4H2,1H3/t6-/m0/s1. The van der Waals surface area contributed by atoms with Crippen LogP contribution in [0.15, 0.2) is 18.2 Å². The number of hydrogen-bond acceptors (Lipinski definition) is 2. The summed E-state index contributed by atoms with van der Waals surface area (Å²) in [6, 6.07) is 4.73. The van der Waals surface area contributed by atoms with E-state index >= 15 is 0 Å². The number of phenolic OH excluding ortho intramolecular Hbond substituents is 2. The molecule has 0 saturated carbocycles. The maximum atomic E-state index is 9.12. The van der Waals surface area contributed by atoms with Gasteiger partial charge in [0.05, 0.1) is 0 Å². The predicted octanol–water partition coefficient (Wildman–Crippen LogP) is 2.27. The lowest BCUT2D eigenvalue weighted by molar-refractivity contribution is 0.403. The second-order valence-corrected chi connectivity index (χ2v) is 3.55. The van der Waals surface area contributed by atoms with Crippen molar-refractivity contribution in [1.82, 2.24) is 0 Å². The third-order valence-electron chi connectivity index (χ3n) is 1.56. The molecule has 0 heterocycles. The van der Waals surface area contributed by atoms with Gasteiger partial charge >= 0.3 is 0 Å². The Bertz CT molecular complexity index is 271. The smallest absolute Gasteiger partial charge is 0.157 e. The van der Waals surface area contributed by atoms with Gasteiger partial charge in [0.15, 0.2) is 11.5 Å². The van der Waals surface area contributed by atoms with Gasteiger partial charge < -0.3 is 10.2 Å². The molecule has 0 spiro atoms. The Labute approximate surface area is 76.4 Å². The Morgan fingerprint density at radius 1 is 1.33 bits per heavy atom. The maximum Gasteiger partial charge on any atom is 0.157 e. The molecule has 0 bridgehead atoms. The molecule has 0 aliphatic carbocycles. The molecule has 0 fully saturated rings. The largest absolute Gasteiger partial charge is 0.504 e. The molecule has 0 aromatic heterocycles. The molecule has 12 heavy (non-hydrogen) atoms. The van der Waals surface area contributed by atoms with Crippen molar-refractivity contribution in [3.63, 3.8) is 0 Å². The van der Waals surface area contributed by atoms with Crippen LogP contribution in [0, 0.1) is 0 Å².